The van der Waals surface area contributed by atoms with Crippen molar-refractivity contribution in [1.82, 2.24) is 4.98 Å². The monoisotopic (exact) mass is 370 g/mol. The summed E-state index contributed by atoms with van der Waals surface area (Å²) in [7, 11) is 0. The third-order valence-corrected chi connectivity index (χ3v) is 4.21. The fourth-order valence-electron chi connectivity index (χ4n) is 3.00. The molecule has 1 N–H and O–H groups in total. The highest BCUT2D eigenvalue weighted by atomic mass is 19.4. The van der Waals surface area contributed by atoms with Crippen molar-refractivity contribution in [3.05, 3.63) is 60.2 Å². The highest BCUT2D eigenvalue weighted by Gasteiger charge is 2.38. The van der Waals surface area contributed by atoms with Crippen LogP contribution < -0.4 is 5.32 Å². The van der Waals surface area contributed by atoms with Crippen LogP contribution in [0.15, 0.2) is 59.0 Å². The van der Waals surface area contributed by atoms with E-state index in [1.54, 1.807) is 6.92 Å². The number of anilines is 1. The Morgan fingerprint density at radius 1 is 1.07 bits per heavy atom. The summed E-state index contributed by atoms with van der Waals surface area (Å²) in [6, 6.07) is 16.3. The number of carbonyl (C=O) groups excluding carboxylic acids is 1. The van der Waals surface area contributed by atoms with Crippen molar-refractivity contribution in [2.24, 2.45) is 0 Å². The predicted octanol–water partition coefficient (Wildman–Crippen LogP) is 5.46. The van der Waals surface area contributed by atoms with Crippen LogP contribution in [0.4, 0.5) is 18.9 Å². The highest BCUT2D eigenvalue weighted by Crippen LogP contribution is 2.33. The fraction of sp³-hybridized carbons (Fsp3) is 0.100. The number of nitrogens with one attached hydrogen (secondary N) is 1. The van der Waals surface area contributed by atoms with E-state index in [4.69, 9.17) is 4.42 Å². The summed E-state index contributed by atoms with van der Waals surface area (Å²) in [6.45, 7) is 1.68. The summed E-state index contributed by atoms with van der Waals surface area (Å²) < 4.78 is 43.3. The second kappa shape index (κ2) is 6.12. The molecule has 0 atom stereocenters. The van der Waals surface area contributed by atoms with E-state index in [9.17, 15) is 18.0 Å². The van der Waals surface area contributed by atoms with E-state index in [1.165, 1.54) is 12.1 Å². The third kappa shape index (κ3) is 3.12. The Morgan fingerprint density at radius 3 is 2.59 bits per heavy atom. The van der Waals surface area contributed by atoms with Crippen LogP contribution in [0.3, 0.4) is 0 Å². The van der Waals surface area contributed by atoms with Crippen LogP contribution >= 0.6 is 0 Å². The number of benzene rings is 3. The summed E-state index contributed by atoms with van der Waals surface area (Å²) in [5.74, 6) is -1.66. The Morgan fingerprint density at radius 2 is 1.81 bits per heavy atom. The first kappa shape index (κ1) is 17.1. The average Bonchev–Trinajstić information content (AvgIpc) is 3.05. The van der Waals surface area contributed by atoms with Gasteiger partial charge in [0.15, 0.2) is 5.58 Å². The molecule has 1 aromatic heterocycles. The maximum Gasteiger partial charge on any atom is 0.471 e. The van der Waals surface area contributed by atoms with Crippen molar-refractivity contribution in [3.63, 3.8) is 0 Å². The first-order valence-electron chi connectivity index (χ1n) is 8.10. The molecule has 1 heterocycles. The van der Waals surface area contributed by atoms with Crippen LogP contribution in [0.1, 0.15) is 5.56 Å². The molecule has 0 aliphatic rings. The number of rotatable bonds is 2. The van der Waals surface area contributed by atoms with Gasteiger partial charge < -0.3 is 9.73 Å². The van der Waals surface area contributed by atoms with Gasteiger partial charge in [0.05, 0.1) is 0 Å². The standard InChI is InChI=1S/C20H13F3N2O2/c1-11-9-13(24-19(26)20(21,22)23)10-16-17(11)27-18(25-16)15-8-4-6-12-5-2-3-7-14(12)15/h2-10H,1H3,(H,24,26). The van der Waals surface area contributed by atoms with E-state index in [2.05, 4.69) is 4.98 Å². The summed E-state index contributed by atoms with van der Waals surface area (Å²) in [6.07, 6.45) is -4.96. The lowest BCUT2D eigenvalue weighted by molar-refractivity contribution is -0.167. The van der Waals surface area contributed by atoms with Gasteiger partial charge >= 0.3 is 12.1 Å². The van der Waals surface area contributed by atoms with Crippen molar-refractivity contribution in [2.45, 2.75) is 13.1 Å². The summed E-state index contributed by atoms with van der Waals surface area (Å²) in [4.78, 5) is 15.6. The molecule has 136 valence electrons. The first-order chi connectivity index (χ1) is 12.8. The van der Waals surface area contributed by atoms with Gasteiger partial charge in [-0.2, -0.15) is 13.2 Å². The zero-order valence-electron chi connectivity index (χ0n) is 14.1. The molecule has 0 spiro atoms. The SMILES string of the molecule is Cc1cc(NC(=O)C(F)(F)F)cc2nc(-c3cccc4ccccc34)oc12. The summed E-state index contributed by atoms with van der Waals surface area (Å²) >= 11 is 0. The van der Waals surface area contributed by atoms with E-state index < -0.39 is 12.1 Å². The number of aromatic nitrogens is 1. The Kier molecular flexibility index (Phi) is 3.87. The first-order valence-corrected chi connectivity index (χ1v) is 8.10. The van der Waals surface area contributed by atoms with Gasteiger partial charge in [-0.3, -0.25) is 4.79 Å². The largest absolute Gasteiger partial charge is 0.471 e. The van der Waals surface area contributed by atoms with Gasteiger partial charge in [-0.15, -0.1) is 0 Å². The molecule has 0 radical (unpaired) electrons. The van der Waals surface area contributed by atoms with Gasteiger partial charge in [0.1, 0.15) is 5.52 Å². The van der Waals surface area contributed by atoms with E-state index in [0.29, 0.717) is 22.6 Å². The number of aryl methyl sites for hydroxylation is 1. The van der Waals surface area contributed by atoms with Crippen molar-refractivity contribution >= 4 is 33.5 Å². The maximum absolute atomic E-state index is 12.5. The normalized spacial score (nSPS) is 11.9. The molecule has 4 rings (SSSR count). The number of halogens is 3. The highest BCUT2D eigenvalue weighted by molar-refractivity contribution is 5.98. The average molecular weight is 370 g/mol. The van der Waals surface area contributed by atoms with Gasteiger partial charge in [0.25, 0.3) is 0 Å². The van der Waals surface area contributed by atoms with E-state index in [0.717, 1.165) is 16.3 Å². The van der Waals surface area contributed by atoms with Crippen molar-refractivity contribution in [1.29, 1.82) is 0 Å². The topological polar surface area (TPSA) is 55.1 Å². The van der Waals surface area contributed by atoms with Gasteiger partial charge in [-0.05, 0) is 41.5 Å². The number of carbonyl (C=O) groups is 1. The van der Waals surface area contributed by atoms with Crippen LogP contribution in [-0.4, -0.2) is 17.1 Å². The predicted molar refractivity (Wildman–Crippen MR) is 96.4 cm³/mol. The van der Waals surface area contributed by atoms with Crippen LogP contribution in [0, 0.1) is 6.92 Å². The maximum atomic E-state index is 12.5. The van der Waals surface area contributed by atoms with Crippen LogP contribution in [0.2, 0.25) is 0 Å². The number of hydrogen-bond acceptors (Lipinski definition) is 3. The Balaban J connectivity index is 1.81. The molecule has 0 bridgehead atoms. The fourth-order valence-corrected chi connectivity index (χ4v) is 3.00. The van der Waals surface area contributed by atoms with Crippen molar-refractivity contribution < 1.29 is 22.4 Å². The minimum atomic E-state index is -4.96. The quantitative estimate of drug-likeness (QED) is 0.510. The molecule has 0 saturated carbocycles. The van der Waals surface area contributed by atoms with Crippen LogP contribution in [-0.2, 0) is 4.79 Å². The number of nitrogens with zero attached hydrogens (tertiary/aromatic N) is 1. The Labute approximate surface area is 151 Å². The Hall–Kier alpha value is -3.35. The number of amides is 1. The Bertz CT molecular complexity index is 1170. The number of oxazole rings is 1. The minimum Gasteiger partial charge on any atom is -0.436 e. The lowest BCUT2D eigenvalue weighted by atomic mass is 10.0. The number of alkyl halides is 3. The van der Waals surface area contributed by atoms with Crippen LogP contribution in [0.5, 0.6) is 0 Å². The molecule has 0 fully saturated rings. The van der Waals surface area contributed by atoms with Crippen molar-refractivity contribution in [3.8, 4) is 11.5 Å². The second-order valence-corrected chi connectivity index (χ2v) is 6.14. The lowest BCUT2D eigenvalue weighted by Gasteiger charge is -2.08. The molecule has 0 saturated heterocycles. The zero-order chi connectivity index (χ0) is 19.2. The van der Waals surface area contributed by atoms with E-state index in [1.807, 2.05) is 47.8 Å². The molecular weight excluding hydrogens is 357 g/mol. The van der Waals surface area contributed by atoms with Crippen LogP contribution in [0.25, 0.3) is 33.3 Å². The number of fused-ring (bicyclic) bond motifs is 2. The van der Waals surface area contributed by atoms with Crippen molar-refractivity contribution in [2.75, 3.05) is 5.32 Å². The molecule has 7 heteroatoms. The molecule has 27 heavy (non-hydrogen) atoms. The summed E-state index contributed by atoms with van der Waals surface area (Å²) in [5, 5.41) is 3.82. The molecule has 1 amide bonds. The van der Waals surface area contributed by atoms with E-state index >= 15 is 0 Å². The second-order valence-electron chi connectivity index (χ2n) is 6.14. The molecule has 3 aromatic carbocycles. The molecule has 0 aliphatic carbocycles. The zero-order valence-corrected chi connectivity index (χ0v) is 14.1. The molecular formula is C20H13F3N2O2. The van der Waals surface area contributed by atoms with E-state index in [-0.39, 0.29) is 5.69 Å². The molecule has 0 aliphatic heterocycles. The lowest BCUT2D eigenvalue weighted by Crippen LogP contribution is -2.29. The van der Waals surface area contributed by atoms with Gasteiger partial charge in [0.2, 0.25) is 5.89 Å². The van der Waals surface area contributed by atoms with Gasteiger partial charge in [-0.1, -0.05) is 36.4 Å². The minimum absolute atomic E-state index is 0.0140. The molecule has 4 nitrogen and oxygen atoms in total. The third-order valence-electron chi connectivity index (χ3n) is 4.21. The molecule has 0 unspecified atom stereocenters. The number of hydrogen-bond donors (Lipinski definition) is 1. The van der Waals surface area contributed by atoms with Gasteiger partial charge in [-0.25, -0.2) is 4.98 Å². The van der Waals surface area contributed by atoms with Gasteiger partial charge in [0, 0.05) is 11.3 Å². The smallest absolute Gasteiger partial charge is 0.436 e. The molecule has 4 aromatic rings. The summed E-state index contributed by atoms with van der Waals surface area (Å²) in [5.41, 5.74) is 2.20.